The molecule has 4 rings (SSSR count). The number of nitrogen functional groups attached to an aromatic ring is 1. The number of hydrogen-bond acceptors (Lipinski definition) is 7. The standard InChI is InChI=1S/C21H22N2O5S.Na/c22-19-16(29(26,27)28)11-15(23-12-7-3-1-2-4-8-12)17-18(19)21(25)14-10-6-5-9-13(14)20(17)24;/h5-6,9-12,23H,1-4,7-8,22H2,(H,26,27,28);/q;+1/p-1. The first-order valence-electron chi connectivity index (χ1n) is 9.66. The number of anilines is 2. The smallest absolute Gasteiger partial charge is 0.744 e. The van der Waals surface area contributed by atoms with E-state index in [0.717, 1.165) is 44.6 Å². The summed E-state index contributed by atoms with van der Waals surface area (Å²) >= 11 is 0. The van der Waals surface area contributed by atoms with Crippen molar-refractivity contribution in [1.82, 2.24) is 0 Å². The van der Waals surface area contributed by atoms with Crippen LogP contribution in [0.5, 0.6) is 0 Å². The number of ketones is 2. The second-order valence-corrected chi connectivity index (χ2v) is 8.92. The molecule has 1 saturated carbocycles. The van der Waals surface area contributed by atoms with Gasteiger partial charge in [0, 0.05) is 22.9 Å². The van der Waals surface area contributed by atoms with Crippen molar-refractivity contribution in [2.24, 2.45) is 0 Å². The molecule has 1 fully saturated rings. The van der Waals surface area contributed by atoms with Crippen molar-refractivity contribution in [3.63, 3.8) is 0 Å². The third-order valence-corrected chi connectivity index (χ3v) is 6.56. The van der Waals surface area contributed by atoms with Crippen molar-refractivity contribution < 1.29 is 52.1 Å². The van der Waals surface area contributed by atoms with Crippen LogP contribution in [-0.4, -0.2) is 30.6 Å². The van der Waals surface area contributed by atoms with E-state index >= 15 is 0 Å². The first-order valence-corrected chi connectivity index (χ1v) is 11.1. The molecule has 0 unspecified atom stereocenters. The van der Waals surface area contributed by atoms with Gasteiger partial charge in [-0.05, 0) is 18.9 Å². The maximum absolute atomic E-state index is 13.2. The largest absolute Gasteiger partial charge is 1.00 e. The van der Waals surface area contributed by atoms with Crippen molar-refractivity contribution in [2.45, 2.75) is 49.5 Å². The van der Waals surface area contributed by atoms with Gasteiger partial charge in [-0.1, -0.05) is 49.9 Å². The Morgan fingerprint density at radius 2 is 1.47 bits per heavy atom. The fourth-order valence-electron chi connectivity index (χ4n) is 4.26. The second kappa shape index (κ2) is 8.80. The van der Waals surface area contributed by atoms with Crippen LogP contribution >= 0.6 is 0 Å². The predicted molar refractivity (Wildman–Crippen MR) is 107 cm³/mol. The van der Waals surface area contributed by atoms with E-state index in [9.17, 15) is 22.6 Å². The molecule has 0 aromatic heterocycles. The minimum absolute atomic E-state index is 0. The zero-order valence-corrected chi connectivity index (χ0v) is 19.6. The Morgan fingerprint density at radius 3 is 2.00 bits per heavy atom. The van der Waals surface area contributed by atoms with Gasteiger partial charge in [0.15, 0.2) is 11.6 Å². The van der Waals surface area contributed by atoms with Gasteiger partial charge in [0.05, 0.1) is 21.7 Å². The van der Waals surface area contributed by atoms with Crippen LogP contribution in [0.1, 0.15) is 70.4 Å². The fourth-order valence-corrected chi connectivity index (χ4v) is 4.89. The van der Waals surface area contributed by atoms with Crippen LogP contribution in [0.4, 0.5) is 11.4 Å². The van der Waals surface area contributed by atoms with Crippen LogP contribution in [0.15, 0.2) is 35.2 Å². The third-order valence-electron chi connectivity index (χ3n) is 5.68. The van der Waals surface area contributed by atoms with Gasteiger partial charge in [-0.3, -0.25) is 9.59 Å². The molecule has 2 aliphatic rings. The van der Waals surface area contributed by atoms with Gasteiger partial charge in [-0.2, -0.15) is 0 Å². The second-order valence-electron chi connectivity index (χ2n) is 7.58. The average Bonchev–Trinajstić information content (AvgIpc) is 2.95. The molecule has 0 saturated heterocycles. The number of rotatable bonds is 3. The number of nitrogens with one attached hydrogen (secondary N) is 1. The van der Waals surface area contributed by atoms with Gasteiger partial charge in [0.25, 0.3) is 0 Å². The van der Waals surface area contributed by atoms with E-state index in [1.165, 1.54) is 6.07 Å². The predicted octanol–water partition coefficient (Wildman–Crippen LogP) is 0.0870. The Balaban J connectivity index is 0.00000256. The van der Waals surface area contributed by atoms with Gasteiger partial charge in [0.1, 0.15) is 10.1 Å². The Hall–Kier alpha value is -1.71. The summed E-state index contributed by atoms with van der Waals surface area (Å²) in [4.78, 5) is 25.6. The molecule has 2 aromatic rings. The molecular weight excluding hydrogens is 415 g/mol. The van der Waals surface area contributed by atoms with E-state index in [2.05, 4.69) is 5.32 Å². The molecule has 9 heteroatoms. The van der Waals surface area contributed by atoms with Crippen LogP contribution in [0.2, 0.25) is 0 Å². The zero-order chi connectivity index (χ0) is 20.8. The van der Waals surface area contributed by atoms with Gasteiger partial charge in [-0.15, -0.1) is 0 Å². The van der Waals surface area contributed by atoms with Crippen molar-refractivity contribution in [3.05, 3.63) is 52.6 Å². The Bertz CT molecular complexity index is 1120. The molecule has 0 bridgehead atoms. The molecule has 0 aliphatic heterocycles. The SMILES string of the molecule is Nc1c(S(=O)(=O)[O-])cc(NC2CCCCCC2)c2c1C(=O)c1ccccc1C2=O.[Na+]. The molecule has 0 atom stereocenters. The Morgan fingerprint density at radius 1 is 0.933 bits per heavy atom. The summed E-state index contributed by atoms with van der Waals surface area (Å²) in [5.41, 5.74) is 5.90. The number of carbonyl (C=O) groups excluding carboxylic acids is 2. The average molecular weight is 436 g/mol. The number of nitrogens with two attached hydrogens (primary N) is 1. The molecule has 0 amide bonds. The van der Waals surface area contributed by atoms with Crippen LogP contribution in [0, 0.1) is 0 Å². The number of benzene rings is 2. The minimum Gasteiger partial charge on any atom is -0.744 e. The molecule has 2 aromatic carbocycles. The fraction of sp³-hybridized carbons (Fsp3) is 0.333. The maximum Gasteiger partial charge on any atom is 1.00 e. The minimum atomic E-state index is -4.93. The zero-order valence-electron chi connectivity index (χ0n) is 16.7. The van der Waals surface area contributed by atoms with Crippen molar-refractivity contribution in [3.8, 4) is 0 Å². The molecular formula is C21H21N2NaO5S. The van der Waals surface area contributed by atoms with E-state index in [1.807, 2.05) is 0 Å². The van der Waals surface area contributed by atoms with E-state index in [1.54, 1.807) is 18.2 Å². The molecule has 30 heavy (non-hydrogen) atoms. The summed E-state index contributed by atoms with van der Waals surface area (Å²) in [7, 11) is -4.93. The normalized spacial score (nSPS) is 16.8. The maximum atomic E-state index is 13.2. The summed E-state index contributed by atoms with van der Waals surface area (Å²) in [6, 6.07) is 7.46. The number of carbonyl (C=O) groups is 2. The number of fused-ring (bicyclic) bond motifs is 2. The summed E-state index contributed by atoms with van der Waals surface area (Å²) in [5.74, 6) is -0.963. The quantitative estimate of drug-likeness (QED) is 0.258. The van der Waals surface area contributed by atoms with Crippen LogP contribution < -0.4 is 40.6 Å². The molecule has 152 valence electrons. The van der Waals surface area contributed by atoms with Crippen LogP contribution in [0.3, 0.4) is 0 Å². The van der Waals surface area contributed by atoms with E-state index in [0.29, 0.717) is 0 Å². The van der Waals surface area contributed by atoms with Gasteiger partial charge < -0.3 is 15.6 Å². The Kier molecular flexibility index (Phi) is 6.74. The molecule has 7 nitrogen and oxygen atoms in total. The molecule has 2 aliphatic carbocycles. The topological polar surface area (TPSA) is 129 Å². The summed E-state index contributed by atoms with van der Waals surface area (Å²) in [6.07, 6.45) is 5.97. The van der Waals surface area contributed by atoms with Crippen molar-refractivity contribution in [1.29, 1.82) is 0 Å². The molecule has 0 spiro atoms. The van der Waals surface area contributed by atoms with Gasteiger partial charge in [-0.25, -0.2) is 8.42 Å². The monoisotopic (exact) mass is 436 g/mol. The van der Waals surface area contributed by atoms with Crippen LogP contribution in [0.25, 0.3) is 0 Å². The van der Waals surface area contributed by atoms with Gasteiger partial charge in [0.2, 0.25) is 0 Å². The van der Waals surface area contributed by atoms with E-state index in [-0.39, 0.29) is 63.5 Å². The summed E-state index contributed by atoms with van der Waals surface area (Å²) < 4.78 is 35.4. The van der Waals surface area contributed by atoms with Crippen molar-refractivity contribution >= 4 is 33.1 Å². The van der Waals surface area contributed by atoms with Crippen LogP contribution in [-0.2, 0) is 10.1 Å². The summed E-state index contributed by atoms with van der Waals surface area (Å²) in [6.45, 7) is 0. The third kappa shape index (κ3) is 4.07. The molecule has 0 heterocycles. The number of hydrogen-bond donors (Lipinski definition) is 2. The van der Waals surface area contributed by atoms with Crippen molar-refractivity contribution in [2.75, 3.05) is 11.1 Å². The summed E-state index contributed by atoms with van der Waals surface area (Å²) in [5, 5.41) is 3.24. The first-order chi connectivity index (χ1) is 13.8. The first kappa shape index (κ1) is 23.0. The van der Waals surface area contributed by atoms with Gasteiger partial charge >= 0.3 is 29.6 Å². The molecule has 0 radical (unpaired) electrons. The molecule has 3 N–H and O–H groups in total. The van der Waals surface area contributed by atoms with E-state index < -0.39 is 32.3 Å². The Labute approximate surface area is 197 Å². The van der Waals surface area contributed by atoms with E-state index in [4.69, 9.17) is 5.73 Å².